The van der Waals surface area contributed by atoms with Gasteiger partial charge in [-0.1, -0.05) is 6.08 Å². The Hall–Kier alpha value is -3.29. The first-order valence-corrected chi connectivity index (χ1v) is 7.47. The number of imidazole rings is 1. The number of nitrogens with zero attached hydrogens (tertiary/aromatic N) is 4. The SMILES string of the molecule is C[C@@H](C/C=C/c1cncc(N)n1)NC(=O)c1nc2ncccc2[nH]1. The number of pyridine rings is 1. The lowest BCUT2D eigenvalue weighted by Crippen LogP contribution is -2.32. The van der Waals surface area contributed by atoms with Crippen molar-refractivity contribution in [2.75, 3.05) is 5.73 Å². The van der Waals surface area contributed by atoms with Crippen LogP contribution in [0.5, 0.6) is 0 Å². The zero-order valence-corrected chi connectivity index (χ0v) is 13.1. The van der Waals surface area contributed by atoms with Crippen molar-refractivity contribution in [1.82, 2.24) is 30.2 Å². The second-order valence-corrected chi connectivity index (χ2v) is 5.34. The van der Waals surface area contributed by atoms with Gasteiger partial charge in [0.2, 0.25) is 0 Å². The molecule has 3 aromatic heterocycles. The van der Waals surface area contributed by atoms with Crippen LogP contribution in [0.1, 0.15) is 29.7 Å². The largest absolute Gasteiger partial charge is 0.382 e. The number of nitrogen functional groups attached to an aromatic ring is 1. The monoisotopic (exact) mass is 323 g/mol. The van der Waals surface area contributed by atoms with Gasteiger partial charge in [-0.15, -0.1) is 0 Å². The summed E-state index contributed by atoms with van der Waals surface area (Å²) in [7, 11) is 0. The summed E-state index contributed by atoms with van der Waals surface area (Å²) in [4.78, 5) is 31.5. The molecule has 3 heterocycles. The van der Waals surface area contributed by atoms with Gasteiger partial charge in [-0.3, -0.25) is 9.78 Å². The molecular formula is C16H17N7O. The Morgan fingerprint density at radius 2 is 2.29 bits per heavy atom. The van der Waals surface area contributed by atoms with Gasteiger partial charge in [-0.2, -0.15) is 0 Å². The van der Waals surface area contributed by atoms with E-state index in [1.807, 2.05) is 25.1 Å². The molecule has 0 spiro atoms. The number of hydrogen-bond donors (Lipinski definition) is 3. The minimum atomic E-state index is -0.266. The number of nitrogens with one attached hydrogen (secondary N) is 2. The molecule has 0 aromatic carbocycles. The van der Waals surface area contributed by atoms with Crippen LogP contribution in [0.3, 0.4) is 0 Å². The van der Waals surface area contributed by atoms with E-state index in [0.717, 1.165) is 5.52 Å². The van der Waals surface area contributed by atoms with E-state index >= 15 is 0 Å². The van der Waals surface area contributed by atoms with Crippen LogP contribution in [0.25, 0.3) is 17.2 Å². The van der Waals surface area contributed by atoms with Crippen molar-refractivity contribution in [3.63, 3.8) is 0 Å². The smallest absolute Gasteiger partial charge is 0.287 e. The fourth-order valence-electron chi connectivity index (χ4n) is 2.17. The van der Waals surface area contributed by atoms with Crippen molar-refractivity contribution in [3.8, 4) is 0 Å². The second-order valence-electron chi connectivity index (χ2n) is 5.34. The molecule has 0 saturated carbocycles. The summed E-state index contributed by atoms with van der Waals surface area (Å²) in [5, 5.41) is 2.88. The summed E-state index contributed by atoms with van der Waals surface area (Å²) in [5.41, 5.74) is 7.51. The molecule has 0 aliphatic carbocycles. The van der Waals surface area contributed by atoms with Crippen LogP contribution in [0.15, 0.2) is 36.8 Å². The number of aromatic nitrogens is 5. The highest BCUT2D eigenvalue weighted by Gasteiger charge is 2.13. The van der Waals surface area contributed by atoms with Crippen LogP contribution in [0, 0.1) is 0 Å². The molecule has 0 bridgehead atoms. The number of carbonyl (C=O) groups excluding carboxylic acids is 1. The van der Waals surface area contributed by atoms with Gasteiger partial charge in [0.05, 0.1) is 23.6 Å². The van der Waals surface area contributed by atoms with E-state index in [-0.39, 0.29) is 17.8 Å². The van der Waals surface area contributed by atoms with Crippen molar-refractivity contribution in [1.29, 1.82) is 0 Å². The van der Waals surface area contributed by atoms with Gasteiger partial charge in [0.25, 0.3) is 5.91 Å². The predicted molar refractivity (Wildman–Crippen MR) is 90.9 cm³/mol. The van der Waals surface area contributed by atoms with Gasteiger partial charge in [0, 0.05) is 12.2 Å². The number of carbonyl (C=O) groups is 1. The number of H-pyrrole nitrogens is 1. The highest BCUT2D eigenvalue weighted by molar-refractivity contribution is 5.93. The Morgan fingerprint density at radius 1 is 1.42 bits per heavy atom. The number of amides is 1. The summed E-state index contributed by atoms with van der Waals surface area (Å²) >= 11 is 0. The molecule has 3 rings (SSSR count). The van der Waals surface area contributed by atoms with Gasteiger partial charge < -0.3 is 16.0 Å². The summed E-state index contributed by atoms with van der Waals surface area (Å²) < 4.78 is 0. The predicted octanol–water partition coefficient (Wildman–Crippen LogP) is 1.55. The molecule has 0 aliphatic heterocycles. The maximum absolute atomic E-state index is 12.2. The second kappa shape index (κ2) is 6.86. The summed E-state index contributed by atoms with van der Waals surface area (Å²) in [6.45, 7) is 1.91. The lowest BCUT2D eigenvalue weighted by atomic mass is 10.2. The van der Waals surface area contributed by atoms with Gasteiger partial charge in [0.15, 0.2) is 11.5 Å². The fourth-order valence-corrected chi connectivity index (χ4v) is 2.17. The molecule has 122 valence electrons. The Balaban J connectivity index is 1.58. The first-order valence-electron chi connectivity index (χ1n) is 7.47. The van der Waals surface area contributed by atoms with Crippen molar-refractivity contribution in [2.24, 2.45) is 0 Å². The number of fused-ring (bicyclic) bond motifs is 1. The number of aromatic amines is 1. The first kappa shape index (κ1) is 15.6. The quantitative estimate of drug-likeness (QED) is 0.654. The molecular weight excluding hydrogens is 306 g/mol. The molecule has 1 atom stereocenters. The van der Waals surface area contributed by atoms with E-state index in [4.69, 9.17) is 5.73 Å². The highest BCUT2D eigenvalue weighted by atomic mass is 16.2. The third-order valence-corrected chi connectivity index (χ3v) is 3.30. The first-order chi connectivity index (χ1) is 11.6. The standard InChI is InChI=1S/C16H17N7O/c1-10(4-2-5-11-8-18-9-13(17)21-11)20-16(24)15-22-12-6-3-7-19-14(12)23-15/h2-3,5-10H,4H2,1H3,(H2,17,21)(H,20,24)(H,19,22,23)/b5-2+/t10-/m0/s1. The molecule has 0 aliphatic rings. The maximum Gasteiger partial charge on any atom is 0.287 e. The average Bonchev–Trinajstić information content (AvgIpc) is 2.99. The molecule has 0 radical (unpaired) electrons. The van der Waals surface area contributed by atoms with Gasteiger partial charge in [-0.25, -0.2) is 15.0 Å². The lowest BCUT2D eigenvalue weighted by Gasteiger charge is -2.10. The molecule has 4 N–H and O–H groups in total. The third kappa shape index (κ3) is 3.72. The molecule has 3 aromatic rings. The normalized spacial score (nSPS) is 12.5. The molecule has 0 fully saturated rings. The van der Waals surface area contributed by atoms with E-state index < -0.39 is 0 Å². The van der Waals surface area contributed by atoms with Crippen LogP contribution in [-0.2, 0) is 0 Å². The fraction of sp³-hybridized carbons (Fsp3) is 0.188. The Labute approximate surface area is 138 Å². The number of hydrogen-bond acceptors (Lipinski definition) is 6. The molecule has 8 nitrogen and oxygen atoms in total. The molecule has 1 amide bonds. The Bertz CT molecular complexity index is 854. The van der Waals surface area contributed by atoms with Crippen molar-refractivity contribution in [2.45, 2.75) is 19.4 Å². The van der Waals surface area contributed by atoms with Gasteiger partial charge in [0.1, 0.15) is 5.82 Å². The van der Waals surface area contributed by atoms with E-state index in [0.29, 0.717) is 23.6 Å². The van der Waals surface area contributed by atoms with Crippen molar-refractivity contribution in [3.05, 3.63) is 48.3 Å². The number of rotatable bonds is 5. The Morgan fingerprint density at radius 3 is 3.08 bits per heavy atom. The van der Waals surface area contributed by atoms with Crippen LogP contribution in [-0.4, -0.2) is 36.9 Å². The third-order valence-electron chi connectivity index (χ3n) is 3.30. The topological polar surface area (TPSA) is 122 Å². The van der Waals surface area contributed by atoms with Gasteiger partial charge in [-0.05, 0) is 31.6 Å². The van der Waals surface area contributed by atoms with E-state index in [2.05, 4.69) is 30.2 Å². The van der Waals surface area contributed by atoms with Crippen molar-refractivity contribution < 1.29 is 4.79 Å². The summed E-state index contributed by atoms with van der Waals surface area (Å²) in [6.07, 6.45) is 9.11. The Kier molecular flexibility index (Phi) is 4.46. The number of anilines is 1. The summed E-state index contributed by atoms with van der Waals surface area (Å²) in [5.74, 6) is 0.357. The highest BCUT2D eigenvalue weighted by Crippen LogP contribution is 2.08. The van der Waals surface area contributed by atoms with E-state index in [1.165, 1.54) is 6.20 Å². The summed E-state index contributed by atoms with van der Waals surface area (Å²) in [6, 6.07) is 3.55. The maximum atomic E-state index is 12.2. The minimum absolute atomic E-state index is 0.0658. The van der Waals surface area contributed by atoms with Gasteiger partial charge >= 0.3 is 0 Å². The molecule has 24 heavy (non-hydrogen) atoms. The van der Waals surface area contributed by atoms with Crippen LogP contribution in [0.2, 0.25) is 0 Å². The molecule has 0 unspecified atom stereocenters. The van der Waals surface area contributed by atoms with E-state index in [1.54, 1.807) is 18.5 Å². The molecule has 8 heteroatoms. The average molecular weight is 323 g/mol. The minimum Gasteiger partial charge on any atom is -0.382 e. The van der Waals surface area contributed by atoms with Crippen LogP contribution < -0.4 is 11.1 Å². The number of nitrogens with two attached hydrogens (primary N) is 1. The van der Waals surface area contributed by atoms with Crippen LogP contribution >= 0.6 is 0 Å². The zero-order chi connectivity index (χ0) is 16.9. The van der Waals surface area contributed by atoms with E-state index in [9.17, 15) is 4.79 Å². The van der Waals surface area contributed by atoms with Crippen molar-refractivity contribution >= 4 is 29.0 Å². The zero-order valence-electron chi connectivity index (χ0n) is 13.1. The lowest BCUT2D eigenvalue weighted by molar-refractivity contribution is 0.0931. The van der Waals surface area contributed by atoms with Crippen LogP contribution in [0.4, 0.5) is 5.82 Å². The molecule has 0 saturated heterocycles.